The number of alkyl halides is 3. The number of carbonyl (C=O) groups is 2. The van der Waals surface area contributed by atoms with Gasteiger partial charge in [-0.05, 0) is 49.1 Å². The van der Waals surface area contributed by atoms with Crippen molar-refractivity contribution < 1.29 is 27.2 Å². The first-order chi connectivity index (χ1) is 19.6. The standard InChI is InChI=1S/C29H26F4N6O2/c1-2-24(41)38-13-3-4-20(15-38)39-28-25(27(34)35-16-36-28)26(37-39)18-8-5-17(6-9-18)7-12-23(40)21-11-10-19(14-22(21)30)29(31,32)33/h2,5-6,8-11,14,16,20H,1,3-4,7,12-13,15H2,(H2,34,35,36)/t20-/m1/s1. The Kier molecular flexibility index (Phi) is 7.57. The molecule has 0 radical (unpaired) electrons. The van der Waals surface area contributed by atoms with Crippen LogP contribution < -0.4 is 5.73 Å². The lowest BCUT2D eigenvalue weighted by atomic mass is 9.99. The smallest absolute Gasteiger partial charge is 0.383 e. The molecular formula is C29H26F4N6O2. The molecule has 0 aliphatic carbocycles. The third-order valence-corrected chi connectivity index (χ3v) is 7.21. The van der Waals surface area contributed by atoms with Gasteiger partial charge in [0, 0.05) is 25.1 Å². The quantitative estimate of drug-likeness (QED) is 0.182. The van der Waals surface area contributed by atoms with Crippen LogP contribution >= 0.6 is 0 Å². The number of likely N-dealkylation sites (tertiary alicyclic amines) is 1. The van der Waals surface area contributed by atoms with Gasteiger partial charge in [-0.1, -0.05) is 30.8 Å². The van der Waals surface area contributed by atoms with E-state index in [1.165, 1.54) is 12.4 Å². The molecule has 2 aromatic heterocycles. The zero-order valence-corrected chi connectivity index (χ0v) is 21.9. The summed E-state index contributed by atoms with van der Waals surface area (Å²) in [6.07, 6.45) is -0.252. The van der Waals surface area contributed by atoms with E-state index in [0.29, 0.717) is 41.9 Å². The van der Waals surface area contributed by atoms with E-state index in [1.54, 1.807) is 21.7 Å². The normalized spacial score (nSPS) is 15.7. The second-order valence-electron chi connectivity index (χ2n) is 9.85. The number of nitrogens with zero attached hydrogens (tertiary/aromatic N) is 5. The molecule has 1 atom stereocenters. The number of Topliss-reactive ketones (excluding diaryl/α,β-unsaturated/α-hetero) is 1. The van der Waals surface area contributed by atoms with Gasteiger partial charge < -0.3 is 10.6 Å². The Morgan fingerprint density at radius 1 is 1.12 bits per heavy atom. The van der Waals surface area contributed by atoms with E-state index in [1.807, 2.05) is 12.1 Å². The minimum atomic E-state index is -4.69. The maximum absolute atomic E-state index is 14.2. The van der Waals surface area contributed by atoms with Gasteiger partial charge in [0.05, 0.1) is 22.6 Å². The van der Waals surface area contributed by atoms with Crippen LogP contribution in [0.25, 0.3) is 22.3 Å². The Morgan fingerprint density at radius 3 is 2.56 bits per heavy atom. The van der Waals surface area contributed by atoms with E-state index in [0.717, 1.165) is 30.0 Å². The summed E-state index contributed by atoms with van der Waals surface area (Å²) in [6, 6.07) is 9.00. The van der Waals surface area contributed by atoms with Gasteiger partial charge >= 0.3 is 6.18 Å². The number of nitrogens with two attached hydrogens (primary N) is 1. The molecule has 2 aromatic carbocycles. The maximum Gasteiger partial charge on any atom is 0.416 e. The van der Waals surface area contributed by atoms with E-state index in [2.05, 4.69) is 16.5 Å². The molecule has 1 fully saturated rings. The van der Waals surface area contributed by atoms with Crippen LogP contribution in [0.1, 0.15) is 46.8 Å². The van der Waals surface area contributed by atoms with Crippen molar-refractivity contribution in [2.45, 2.75) is 37.9 Å². The SMILES string of the molecule is C=CC(=O)N1CCC[C@@H](n2nc(-c3ccc(CCC(=O)c4ccc(C(F)(F)F)cc4F)cc3)c3c(N)ncnc32)C1. The van der Waals surface area contributed by atoms with Crippen molar-refractivity contribution in [3.63, 3.8) is 0 Å². The topological polar surface area (TPSA) is 107 Å². The van der Waals surface area contributed by atoms with E-state index in [-0.39, 0.29) is 36.2 Å². The van der Waals surface area contributed by atoms with Crippen molar-refractivity contribution in [2.24, 2.45) is 0 Å². The number of hydrogen-bond donors (Lipinski definition) is 1. The first-order valence-electron chi connectivity index (χ1n) is 13.0. The molecule has 2 N–H and O–H groups in total. The number of carbonyl (C=O) groups excluding carboxylic acids is 2. The van der Waals surface area contributed by atoms with Crippen LogP contribution in [0.3, 0.4) is 0 Å². The minimum Gasteiger partial charge on any atom is -0.383 e. The highest BCUT2D eigenvalue weighted by Crippen LogP contribution is 2.34. The fraction of sp³-hybridized carbons (Fsp3) is 0.276. The summed E-state index contributed by atoms with van der Waals surface area (Å²) in [5.74, 6) is -1.67. The molecule has 212 valence electrons. The highest BCUT2D eigenvalue weighted by atomic mass is 19.4. The average Bonchev–Trinajstić information content (AvgIpc) is 3.36. The second-order valence-corrected chi connectivity index (χ2v) is 9.85. The lowest BCUT2D eigenvalue weighted by Crippen LogP contribution is -2.40. The number of ketones is 1. The number of hydrogen-bond acceptors (Lipinski definition) is 6. The van der Waals surface area contributed by atoms with Crippen LogP contribution in [0, 0.1) is 5.82 Å². The average molecular weight is 567 g/mol. The molecule has 3 heterocycles. The molecule has 1 saturated heterocycles. The van der Waals surface area contributed by atoms with Crippen LogP contribution in [0.5, 0.6) is 0 Å². The molecule has 0 spiro atoms. The van der Waals surface area contributed by atoms with Gasteiger partial charge in [0.2, 0.25) is 5.91 Å². The molecule has 1 aliphatic rings. The number of amides is 1. The Morgan fingerprint density at radius 2 is 1.88 bits per heavy atom. The van der Waals surface area contributed by atoms with Crippen molar-refractivity contribution in [2.75, 3.05) is 18.8 Å². The fourth-order valence-corrected chi connectivity index (χ4v) is 5.08. The van der Waals surface area contributed by atoms with Gasteiger partial charge in [-0.3, -0.25) is 9.59 Å². The van der Waals surface area contributed by atoms with Crippen LogP contribution in [0.2, 0.25) is 0 Å². The number of piperidine rings is 1. The first kappa shape index (κ1) is 27.9. The molecule has 12 heteroatoms. The number of benzene rings is 2. The molecule has 0 saturated carbocycles. The summed E-state index contributed by atoms with van der Waals surface area (Å²) in [6.45, 7) is 4.67. The van der Waals surface area contributed by atoms with Crippen molar-refractivity contribution in [3.8, 4) is 11.3 Å². The van der Waals surface area contributed by atoms with Crippen molar-refractivity contribution >= 4 is 28.5 Å². The van der Waals surface area contributed by atoms with Crippen LogP contribution in [-0.2, 0) is 17.4 Å². The van der Waals surface area contributed by atoms with Crippen LogP contribution in [0.15, 0.2) is 61.4 Å². The van der Waals surface area contributed by atoms with Gasteiger partial charge in [0.15, 0.2) is 11.4 Å². The van der Waals surface area contributed by atoms with Gasteiger partial charge in [-0.2, -0.15) is 18.3 Å². The third-order valence-electron chi connectivity index (χ3n) is 7.21. The number of halogens is 4. The highest BCUT2D eigenvalue weighted by Gasteiger charge is 2.32. The van der Waals surface area contributed by atoms with Crippen molar-refractivity contribution in [3.05, 3.63) is 84.0 Å². The zero-order valence-electron chi connectivity index (χ0n) is 21.9. The monoisotopic (exact) mass is 566 g/mol. The summed E-state index contributed by atoms with van der Waals surface area (Å²) >= 11 is 0. The molecule has 8 nitrogen and oxygen atoms in total. The molecule has 4 aromatic rings. The summed E-state index contributed by atoms with van der Waals surface area (Å²) in [5, 5.41) is 5.42. The Labute approximate surface area is 232 Å². The summed E-state index contributed by atoms with van der Waals surface area (Å²) in [4.78, 5) is 35.0. The second kappa shape index (κ2) is 11.1. The molecule has 1 aliphatic heterocycles. The number of aromatic nitrogens is 4. The number of aryl methyl sites for hydroxylation is 1. The molecule has 41 heavy (non-hydrogen) atoms. The van der Waals surface area contributed by atoms with E-state index >= 15 is 0 Å². The molecule has 1 amide bonds. The number of nitrogen functional groups attached to an aromatic ring is 1. The Bertz CT molecular complexity index is 1630. The van der Waals surface area contributed by atoms with Gasteiger partial charge in [-0.15, -0.1) is 0 Å². The van der Waals surface area contributed by atoms with Crippen LogP contribution in [-0.4, -0.2) is 49.4 Å². The number of rotatable bonds is 7. The van der Waals surface area contributed by atoms with E-state index < -0.39 is 23.3 Å². The Hall–Kier alpha value is -4.61. The lowest BCUT2D eigenvalue weighted by molar-refractivity contribution is -0.137. The summed E-state index contributed by atoms with van der Waals surface area (Å²) < 4.78 is 54.4. The minimum absolute atomic E-state index is 0.0818. The molecule has 5 rings (SSSR count). The van der Waals surface area contributed by atoms with E-state index in [9.17, 15) is 27.2 Å². The summed E-state index contributed by atoms with van der Waals surface area (Å²) in [5.41, 5.74) is 7.34. The van der Waals surface area contributed by atoms with Gasteiger partial charge in [0.25, 0.3) is 0 Å². The molecular weight excluding hydrogens is 540 g/mol. The third kappa shape index (κ3) is 5.67. The van der Waals surface area contributed by atoms with Gasteiger partial charge in [0.1, 0.15) is 23.7 Å². The Balaban J connectivity index is 1.35. The van der Waals surface area contributed by atoms with Crippen molar-refractivity contribution in [1.82, 2.24) is 24.6 Å². The fourth-order valence-electron chi connectivity index (χ4n) is 5.08. The predicted molar refractivity (Wildman–Crippen MR) is 144 cm³/mol. The van der Waals surface area contributed by atoms with Gasteiger partial charge in [-0.25, -0.2) is 19.0 Å². The van der Waals surface area contributed by atoms with Crippen molar-refractivity contribution in [1.29, 1.82) is 0 Å². The molecule has 0 unspecified atom stereocenters. The maximum atomic E-state index is 14.2. The van der Waals surface area contributed by atoms with Crippen LogP contribution in [0.4, 0.5) is 23.4 Å². The number of fused-ring (bicyclic) bond motifs is 1. The first-order valence-corrected chi connectivity index (χ1v) is 13.0. The molecule has 0 bridgehead atoms. The zero-order chi connectivity index (χ0) is 29.3. The highest BCUT2D eigenvalue weighted by molar-refractivity contribution is 5.98. The van der Waals surface area contributed by atoms with E-state index in [4.69, 9.17) is 10.8 Å². The predicted octanol–water partition coefficient (Wildman–Crippen LogP) is 5.40. The lowest BCUT2D eigenvalue weighted by Gasteiger charge is -2.32. The summed E-state index contributed by atoms with van der Waals surface area (Å²) in [7, 11) is 0. The largest absolute Gasteiger partial charge is 0.416 e. The number of anilines is 1.